The van der Waals surface area contributed by atoms with Gasteiger partial charge >= 0.3 is 0 Å². The highest BCUT2D eigenvalue weighted by molar-refractivity contribution is 5.96. The fraction of sp³-hybridized carbons (Fsp3) is 0.379. The van der Waals surface area contributed by atoms with Gasteiger partial charge in [-0.2, -0.15) is 0 Å². The van der Waals surface area contributed by atoms with E-state index in [0.717, 1.165) is 16.7 Å². The third kappa shape index (κ3) is 5.61. The zero-order chi connectivity index (χ0) is 26.8. The predicted octanol–water partition coefficient (Wildman–Crippen LogP) is 3.87. The number of benzene rings is 2. The third-order valence-electron chi connectivity index (χ3n) is 6.65. The van der Waals surface area contributed by atoms with Crippen LogP contribution in [0.2, 0.25) is 0 Å². The summed E-state index contributed by atoms with van der Waals surface area (Å²) < 4.78 is 16.7. The first-order chi connectivity index (χ1) is 17.6. The van der Waals surface area contributed by atoms with Crippen molar-refractivity contribution in [2.45, 2.75) is 44.8 Å². The van der Waals surface area contributed by atoms with E-state index in [-0.39, 0.29) is 31.8 Å². The molecule has 0 bridgehead atoms. The number of hydrogen-bond acceptors (Lipinski definition) is 8. The van der Waals surface area contributed by atoms with E-state index in [9.17, 15) is 9.90 Å². The van der Waals surface area contributed by atoms with Crippen LogP contribution in [-0.2, 0) is 11.1 Å². The summed E-state index contributed by atoms with van der Waals surface area (Å²) in [6.07, 6.45) is 0.236. The van der Waals surface area contributed by atoms with Crippen molar-refractivity contribution in [1.82, 2.24) is 4.98 Å². The molecule has 2 aromatic carbocycles. The smallest absolute Gasteiger partial charge is 0.163 e. The Bertz CT molecular complexity index is 1280. The number of ether oxygens (including phenoxy) is 3. The van der Waals surface area contributed by atoms with Gasteiger partial charge in [-0.05, 0) is 51.5 Å². The number of aromatic nitrogens is 1. The molecule has 1 aliphatic heterocycles. The molecule has 1 aliphatic rings. The number of methoxy groups -OCH3 is 1. The number of rotatable bonds is 10. The summed E-state index contributed by atoms with van der Waals surface area (Å²) in [6.45, 7) is 5.87. The van der Waals surface area contributed by atoms with Gasteiger partial charge in [0.25, 0.3) is 0 Å². The quantitative estimate of drug-likeness (QED) is 0.354. The van der Waals surface area contributed by atoms with Crippen LogP contribution in [0.1, 0.15) is 53.9 Å². The van der Waals surface area contributed by atoms with Crippen LogP contribution in [0.5, 0.6) is 17.2 Å². The van der Waals surface area contributed by atoms with Gasteiger partial charge in [0.15, 0.2) is 23.0 Å². The zero-order valence-corrected chi connectivity index (χ0v) is 21.7. The van der Waals surface area contributed by atoms with E-state index in [1.54, 1.807) is 31.2 Å². The number of hydrogen-bond donors (Lipinski definition) is 3. The fourth-order valence-electron chi connectivity index (χ4n) is 4.33. The molecule has 8 nitrogen and oxygen atoms in total. The Morgan fingerprint density at radius 2 is 1.92 bits per heavy atom. The number of nitrogens with two attached hydrogens (primary N) is 1. The van der Waals surface area contributed by atoms with E-state index in [2.05, 4.69) is 0 Å². The van der Waals surface area contributed by atoms with Gasteiger partial charge in [0.1, 0.15) is 24.5 Å². The molecule has 0 saturated heterocycles. The second-order valence-electron chi connectivity index (χ2n) is 9.94. The maximum absolute atomic E-state index is 13.0. The highest BCUT2D eigenvalue weighted by Crippen LogP contribution is 2.44. The molecule has 4 rings (SSSR count). The van der Waals surface area contributed by atoms with Gasteiger partial charge in [-0.15, -0.1) is 0 Å². The Kier molecular flexibility index (Phi) is 7.54. The van der Waals surface area contributed by atoms with E-state index in [1.165, 1.54) is 7.11 Å². The number of fused-ring (bicyclic) bond motifs is 1. The van der Waals surface area contributed by atoms with Gasteiger partial charge < -0.3 is 30.2 Å². The molecule has 1 aromatic heterocycles. The minimum atomic E-state index is -1.39. The number of aryl methyl sites for hydroxylation is 1. The summed E-state index contributed by atoms with van der Waals surface area (Å²) in [5.41, 5.74) is 8.66. The Morgan fingerprint density at radius 3 is 2.59 bits per heavy atom. The number of nitrogens with zero attached hydrogens (tertiary/aromatic N) is 1. The normalized spacial score (nSPS) is 18.0. The van der Waals surface area contributed by atoms with Crippen molar-refractivity contribution >= 4 is 5.78 Å². The van der Waals surface area contributed by atoms with Crippen LogP contribution in [0.15, 0.2) is 48.5 Å². The van der Waals surface area contributed by atoms with E-state index < -0.39 is 11.1 Å². The van der Waals surface area contributed by atoms with Crippen molar-refractivity contribution in [3.05, 3.63) is 70.9 Å². The molecule has 2 atom stereocenters. The van der Waals surface area contributed by atoms with Gasteiger partial charge in [0, 0.05) is 23.1 Å². The van der Waals surface area contributed by atoms with E-state index in [1.807, 2.05) is 38.1 Å². The molecule has 4 N–H and O–H groups in total. The lowest BCUT2D eigenvalue weighted by Crippen LogP contribution is -2.35. The lowest BCUT2D eigenvalue weighted by Gasteiger charge is -2.25. The number of ketones is 1. The van der Waals surface area contributed by atoms with Crippen LogP contribution in [-0.4, -0.2) is 47.9 Å². The minimum Gasteiger partial charge on any atom is -0.493 e. The molecular formula is C29H34N2O6. The van der Waals surface area contributed by atoms with Crippen molar-refractivity contribution < 1.29 is 29.2 Å². The zero-order valence-electron chi connectivity index (χ0n) is 21.7. The van der Waals surface area contributed by atoms with E-state index in [0.29, 0.717) is 40.8 Å². The van der Waals surface area contributed by atoms with Gasteiger partial charge in [0.05, 0.1) is 24.9 Å². The molecule has 3 aromatic rings. The first kappa shape index (κ1) is 26.6. The summed E-state index contributed by atoms with van der Waals surface area (Å²) in [5.74, 6) is 1.31. The molecule has 8 heteroatoms. The first-order valence-electron chi connectivity index (χ1n) is 12.3. The number of aliphatic hydroxyl groups is 2. The molecule has 0 fully saturated rings. The number of aliphatic hydroxyl groups excluding tert-OH is 1. The molecule has 0 saturated carbocycles. The highest BCUT2D eigenvalue weighted by atomic mass is 16.5. The molecule has 196 valence electrons. The SMILES string of the molecule is COc1cc(C(=O)CCC(C)(O)c2cc3c(c(-c4ccc(C)cc4)n2)OCC3(C)N)ccc1OCCO. The van der Waals surface area contributed by atoms with Crippen LogP contribution < -0.4 is 19.9 Å². The molecule has 2 unspecified atom stereocenters. The topological polar surface area (TPSA) is 124 Å². The maximum atomic E-state index is 13.0. The number of carbonyl (C=O) groups excluding carboxylic acids is 1. The highest BCUT2D eigenvalue weighted by Gasteiger charge is 2.38. The van der Waals surface area contributed by atoms with E-state index in [4.69, 9.17) is 30.0 Å². The minimum absolute atomic E-state index is 0.0853. The first-order valence-corrected chi connectivity index (χ1v) is 12.3. The van der Waals surface area contributed by atoms with Crippen molar-refractivity contribution in [2.24, 2.45) is 5.73 Å². The standard InChI is InChI=1S/C29H34N2O6/c1-18-5-7-19(8-6-18)26-27-21(28(2,30)17-37-27)16-25(31-26)29(3,34)12-11-22(33)20-9-10-23(36-14-13-32)24(15-20)35-4/h5-10,15-16,32,34H,11-14,17,30H2,1-4H3. The van der Waals surface area contributed by atoms with E-state index >= 15 is 0 Å². The van der Waals surface area contributed by atoms with Gasteiger partial charge in [-0.3, -0.25) is 4.79 Å². The van der Waals surface area contributed by atoms with Gasteiger partial charge in [-0.25, -0.2) is 4.98 Å². The van der Waals surface area contributed by atoms with Gasteiger partial charge in [0.2, 0.25) is 0 Å². The van der Waals surface area contributed by atoms with Crippen molar-refractivity contribution in [2.75, 3.05) is 26.9 Å². The molecular weight excluding hydrogens is 472 g/mol. The number of Topliss-reactive ketones (excluding diaryl/α,β-unsaturated/α-hetero) is 1. The Labute approximate surface area is 217 Å². The lowest BCUT2D eigenvalue weighted by atomic mass is 9.88. The van der Waals surface area contributed by atoms with Crippen molar-refractivity contribution in [1.29, 1.82) is 0 Å². The number of pyridine rings is 1. The largest absolute Gasteiger partial charge is 0.493 e. The summed E-state index contributed by atoms with van der Waals surface area (Å²) in [7, 11) is 1.49. The molecule has 0 aliphatic carbocycles. The molecule has 2 heterocycles. The molecule has 0 radical (unpaired) electrons. The Balaban J connectivity index is 1.60. The summed E-state index contributed by atoms with van der Waals surface area (Å²) in [6, 6.07) is 14.6. The predicted molar refractivity (Wildman–Crippen MR) is 140 cm³/mol. The second kappa shape index (κ2) is 10.5. The maximum Gasteiger partial charge on any atom is 0.163 e. The monoisotopic (exact) mass is 506 g/mol. The second-order valence-corrected chi connectivity index (χ2v) is 9.94. The fourth-order valence-corrected chi connectivity index (χ4v) is 4.33. The summed E-state index contributed by atoms with van der Waals surface area (Å²) in [5, 5.41) is 20.5. The van der Waals surface area contributed by atoms with Crippen LogP contribution in [0.3, 0.4) is 0 Å². The Hall–Kier alpha value is -3.46. The van der Waals surface area contributed by atoms with Crippen molar-refractivity contribution in [3.8, 4) is 28.5 Å². The van der Waals surface area contributed by atoms with Crippen LogP contribution >= 0.6 is 0 Å². The van der Waals surface area contributed by atoms with Gasteiger partial charge in [-0.1, -0.05) is 29.8 Å². The third-order valence-corrected chi connectivity index (χ3v) is 6.65. The molecule has 0 amide bonds. The average molecular weight is 507 g/mol. The van der Waals surface area contributed by atoms with Crippen LogP contribution in [0.25, 0.3) is 11.3 Å². The van der Waals surface area contributed by atoms with Crippen LogP contribution in [0, 0.1) is 6.92 Å². The van der Waals surface area contributed by atoms with Crippen LogP contribution in [0.4, 0.5) is 0 Å². The molecule has 0 spiro atoms. The number of carbonyl (C=O) groups is 1. The average Bonchev–Trinajstić information content (AvgIpc) is 3.20. The lowest BCUT2D eigenvalue weighted by molar-refractivity contribution is 0.0396. The summed E-state index contributed by atoms with van der Waals surface area (Å²) in [4.78, 5) is 17.8. The Morgan fingerprint density at radius 1 is 1.19 bits per heavy atom. The van der Waals surface area contributed by atoms with Crippen molar-refractivity contribution in [3.63, 3.8) is 0 Å². The molecule has 37 heavy (non-hydrogen) atoms. The summed E-state index contributed by atoms with van der Waals surface area (Å²) >= 11 is 0.